The second-order valence-electron chi connectivity index (χ2n) is 6.78. The summed E-state index contributed by atoms with van der Waals surface area (Å²) in [6.45, 7) is 2.07. The molecule has 3 heteroatoms. The van der Waals surface area contributed by atoms with Gasteiger partial charge in [0.05, 0.1) is 17.2 Å². The van der Waals surface area contributed by atoms with E-state index >= 15 is 0 Å². The van der Waals surface area contributed by atoms with E-state index in [1.165, 1.54) is 0 Å². The number of rotatable bonds is 1. The minimum atomic E-state index is -0.512. The van der Waals surface area contributed by atoms with Crippen molar-refractivity contribution in [1.82, 2.24) is 0 Å². The Morgan fingerprint density at radius 1 is 1.32 bits per heavy atom. The first-order valence-corrected chi connectivity index (χ1v) is 7.82. The van der Waals surface area contributed by atoms with Crippen molar-refractivity contribution in [2.24, 2.45) is 17.3 Å². The number of carbonyl (C=O) groups is 1. The molecule has 1 aromatic rings. The highest BCUT2D eigenvalue weighted by molar-refractivity contribution is 6.02. The summed E-state index contributed by atoms with van der Waals surface area (Å²) in [6, 6.07) is 9.56. The summed E-state index contributed by atoms with van der Waals surface area (Å²) < 4.78 is 0. The van der Waals surface area contributed by atoms with Crippen molar-refractivity contribution >= 4 is 17.7 Å². The SMILES string of the molecule is C[C@@]1(C(=O)N2c3ccccc3C=C[C@@H]2C#N)C[C@@H]2C=C[C@H]1C2. The van der Waals surface area contributed by atoms with E-state index in [1.807, 2.05) is 36.4 Å². The number of nitriles is 1. The summed E-state index contributed by atoms with van der Waals surface area (Å²) in [4.78, 5) is 15.1. The zero-order valence-electron chi connectivity index (χ0n) is 12.6. The highest BCUT2D eigenvalue weighted by Crippen LogP contribution is 2.53. The van der Waals surface area contributed by atoms with Crippen LogP contribution in [0.4, 0.5) is 5.69 Å². The van der Waals surface area contributed by atoms with E-state index in [0.717, 1.165) is 24.1 Å². The standard InChI is InChI=1S/C19H18N2O/c1-19(11-13-6-8-15(19)10-13)18(22)21-16(12-20)9-7-14-4-2-3-5-17(14)21/h2-9,13,15-16H,10-11H2,1H3/t13-,15+,16-,19-/m1/s1. The second-order valence-corrected chi connectivity index (χ2v) is 6.78. The molecule has 3 aliphatic rings. The van der Waals surface area contributed by atoms with Crippen molar-refractivity contribution in [3.8, 4) is 6.07 Å². The maximum atomic E-state index is 13.4. The summed E-state index contributed by atoms with van der Waals surface area (Å²) in [6.07, 6.45) is 10.2. The van der Waals surface area contributed by atoms with E-state index < -0.39 is 6.04 Å². The summed E-state index contributed by atoms with van der Waals surface area (Å²) in [5.74, 6) is 0.921. The van der Waals surface area contributed by atoms with Crippen LogP contribution in [-0.4, -0.2) is 11.9 Å². The number of nitrogens with zero attached hydrogens (tertiary/aromatic N) is 2. The predicted molar refractivity (Wildman–Crippen MR) is 85.8 cm³/mol. The van der Waals surface area contributed by atoms with Crippen LogP contribution in [0.2, 0.25) is 0 Å². The van der Waals surface area contributed by atoms with Gasteiger partial charge in [-0.25, -0.2) is 0 Å². The Bertz CT molecular complexity index is 742. The second kappa shape index (κ2) is 4.58. The molecule has 3 nitrogen and oxygen atoms in total. The molecule has 22 heavy (non-hydrogen) atoms. The van der Waals surface area contributed by atoms with Gasteiger partial charge in [-0.2, -0.15) is 5.26 Å². The van der Waals surface area contributed by atoms with Crippen molar-refractivity contribution in [2.75, 3.05) is 4.90 Å². The molecule has 0 spiro atoms. The number of fused-ring (bicyclic) bond motifs is 3. The van der Waals surface area contributed by atoms with Gasteiger partial charge in [-0.15, -0.1) is 0 Å². The van der Waals surface area contributed by atoms with Gasteiger partial charge in [0.25, 0.3) is 0 Å². The number of hydrogen-bond acceptors (Lipinski definition) is 2. The maximum absolute atomic E-state index is 13.4. The first kappa shape index (κ1) is 13.3. The molecule has 0 aromatic heterocycles. The van der Waals surface area contributed by atoms with Gasteiger partial charge in [0.1, 0.15) is 6.04 Å². The number of para-hydroxylation sites is 1. The summed E-state index contributed by atoms with van der Waals surface area (Å²) >= 11 is 0. The molecular formula is C19H18N2O. The Hall–Kier alpha value is -2.34. The van der Waals surface area contributed by atoms with Gasteiger partial charge in [0, 0.05) is 0 Å². The molecule has 0 saturated heterocycles. The lowest BCUT2D eigenvalue weighted by atomic mass is 9.75. The van der Waals surface area contributed by atoms with E-state index in [9.17, 15) is 10.1 Å². The van der Waals surface area contributed by atoms with E-state index in [-0.39, 0.29) is 11.3 Å². The first-order valence-electron chi connectivity index (χ1n) is 7.82. The van der Waals surface area contributed by atoms with E-state index in [4.69, 9.17) is 0 Å². The van der Waals surface area contributed by atoms with Crippen LogP contribution >= 0.6 is 0 Å². The van der Waals surface area contributed by atoms with Crippen molar-refractivity contribution in [3.05, 3.63) is 48.1 Å². The lowest BCUT2D eigenvalue weighted by Crippen LogP contribution is -2.49. The molecule has 1 heterocycles. The maximum Gasteiger partial charge on any atom is 0.234 e. The molecule has 4 atom stereocenters. The third-order valence-corrected chi connectivity index (χ3v) is 5.45. The lowest BCUT2D eigenvalue weighted by molar-refractivity contribution is -0.128. The Labute approximate surface area is 130 Å². The minimum Gasteiger partial charge on any atom is -0.291 e. The summed E-state index contributed by atoms with van der Waals surface area (Å²) in [7, 11) is 0. The van der Waals surface area contributed by atoms with Crippen molar-refractivity contribution in [1.29, 1.82) is 5.26 Å². The molecule has 0 unspecified atom stereocenters. The van der Waals surface area contributed by atoms with Gasteiger partial charge in [-0.1, -0.05) is 43.4 Å². The average Bonchev–Trinajstić information content (AvgIpc) is 3.14. The summed E-state index contributed by atoms with van der Waals surface area (Å²) in [5.41, 5.74) is 1.48. The number of hydrogen-bond donors (Lipinski definition) is 0. The van der Waals surface area contributed by atoms with Gasteiger partial charge in [0.15, 0.2) is 0 Å². The molecule has 110 valence electrons. The fourth-order valence-corrected chi connectivity index (χ4v) is 4.23. The monoisotopic (exact) mass is 290 g/mol. The van der Waals surface area contributed by atoms with Crippen LogP contribution in [0, 0.1) is 28.6 Å². The molecular weight excluding hydrogens is 272 g/mol. The largest absolute Gasteiger partial charge is 0.291 e. The third-order valence-electron chi connectivity index (χ3n) is 5.45. The molecule has 1 amide bonds. The molecule has 2 bridgehead atoms. The minimum absolute atomic E-state index is 0.0905. The van der Waals surface area contributed by atoms with Crippen LogP contribution in [0.15, 0.2) is 42.5 Å². The molecule has 1 saturated carbocycles. The number of anilines is 1. The molecule has 1 aromatic carbocycles. The fraction of sp³-hybridized carbons (Fsp3) is 0.368. The number of amides is 1. The highest BCUT2D eigenvalue weighted by Gasteiger charge is 2.52. The fourth-order valence-electron chi connectivity index (χ4n) is 4.23. The number of carbonyl (C=O) groups excluding carboxylic acids is 1. The van der Waals surface area contributed by atoms with Crippen molar-refractivity contribution in [3.63, 3.8) is 0 Å². The van der Waals surface area contributed by atoms with Gasteiger partial charge in [0.2, 0.25) is 5.91 Å². The molecule has 1 fully saturated rings. The van der Waals surface area contributed by atoms with Crippen LogP contribution < -0.4 is 4.90 Å². The molecule has 2 aliphatic carbocycles. The zero-order valence-corrected chi connectivity index (χ0v) is 12.6. The Balaban J connectivity index is 1.77. The molecule has 4 rings (SSSR count). The van der Waals surface area contributed by atoms with Gasteiger partial charge < -0.3 is 0 Å². The Morgan fingerprint density at radius 2 is 2.14 bits per heavy atom. The lowest BCUT2D eigenvalue weighted by Gasteiger charge is -2.39. The van der Waals surface area contributed by atoms with Gasteiger partial charge in [-0.3, -0.25) is 9.69 Å². The Morgan fingerprint density at radius 3 is 2.82 bits per heavy atom. The molecule has 0 radical (unpaired) electrons. The van der Waals surface area contributed by atoms with Gasteiger partial charge in [-0.05, 0) is 42.4 Å². The van der Waals surface area contributed by atoms with Crippen LogP contribution in [0.5, 0.6) is 0 Å². The van der Waals surface area contributed by atoms with Crippen LogP contribution in [-0.2, 0) is 4.79 Å². The first-order chi connectivity index (χ1) is 10.6. The smallest absolute Gasteiger partial charge is 0.234 e. The van der Waals surface area contributed by atoms with Crippen molar-refractivity contribution in [2.45, 2.75) is 25.8 Å². The van der Waals surface area contributed by atoms with E-state index in [0.29, 0.717) is 11.8 Å². The number of allylic oxidation sites excluding steroid dienone is 2. The normalized spacial score (nSPS) is 34.5. The average molecular weight is 290 g/mol. The quantitative estimate of drug-likeness (QED) is 0.742. The number of benzene rings is 1. The Kier molecular flexibility index (Phi) is 2.77. The predicted octanol–water partition coefficient (Wildman–Crippen LogP) is 3.54. The van der Waals surface area contributed by atoms with E-state index in [1.54, 1.807) is 4.90 Å². The van der Waals surface area contributed by atoms with Crippen LogP contribution in [0.1, 0.15) is 25.3 Å². The van der Waals surface area contributed by atoms with Crippen LogP contribution in [0.25, 0.3) is 6.08 Å². The van der Waals surface area contributed by atoms with Gasteiger partial charge >= 0.3 is 0 Å². The van der Waals surface area contributed by atoms with E-state index in [2.05, 4.69) is 25.1 Å². The topological polar surface area (TPSA) is 44.1 Å². The summed E-state index contributed by atoms with van der Waals surface area (Å²) in [5, 5.41) is 9.49. The molecule has 0 N–H and O–H groups in total. The van der Waals surface area contributed by atoms with Crippen molar-refractivity contribution < 1.29 is 4.79 Å². The zero-order chi connectivity index (χ0) is 15.3. The highest BCUT2D eigenvalue weighted by atomic mass is 16.2. The third kappa shape index (κ3) is 1.70. The molecule has 1 aliphatic heterocycles. The van der Waals surface area contributed by atoms with Crippen LogP contribution in [0.3, 0.4) is 0 Å².